The van der Waals surface area contributed by atoms with Crippen molar-refractivity contribution in [1.29, 1.82) is 0 Å². The molecule has 68 valence electrons. The van der Waals surface area contributed by atoms with Gasteiger partial charge in [0.15, 0.2) is 0 Å². The van der Waals surface area contributed by atoms with Gasteiger partial charge in [0, 0.05) is 5.92 Å². The predicted molar refractivity (Wildman–Crippen MR) is 43.5 cm³/mol. The van der Waals surface area contributed by atoms with Crippen LogP contribution >= 0.6 is 0 Å². The summed E-state index contributed by atoms with van der Waals surface area (Å²) in [6, 6.07) is 0. The number of cyclic esters (lactones) is 1. The van der Waals surface area contributed by atoms with Gasteiger partial charge in [0.05, 0.1) is 12.5 Å². The van der Waals surface area contributed by atoms with Crippen LogP contribution in [0.25, 0.3) is 0 Å². The highest BCUT2D eigenvalue weighted by Crippen LogP contribution is 2.22. The fourth-order valence-electron chi connectivity index (χ4n) is 1.34. The van der Waals surface area contributed by atoms with Gasteiger partial charge in [-0.15, -0.1) is 0 Å². The Bertz CT molecular complexity index is 198. The lowest BCUT2D eigenvalue weighted by Crippen LogP contribution is -2.16. The SMILES string of the molecule is CC(=O)[C@H](C)CC1CCOC1=O. The molecule has 3 nitrogen and oxygen atoms in total. The van der Waals surface area contributed by atoms with Crippen molar-refractivity contribution in [3.63, 3.8) is 0 Å². The fraction of sp³-hybridized carbons (Fsp3) is 0.778. The van der Waals surface area contributed by atoms with Crippen molar-refractivity contribution < 1.29 is 14.3 Å². The second-order valence-electron chi connectivity index (χ2n) is 3.40. The van der Waals surface area contributed by atoms with Crippen LogP contribution in [-0.2, 0) is 14.3 Å². The van der Waals surface area contributed by atoms with Gasteiger partial charge in [-0.1, -0.05) is 6.92 Å². The maximum atomic E-state index is 11.0. The lowest BCUT2D eigenvalue weighted by atomic mass is 9.92. The average Bonchev–Trinajstić information content (AvgIpc) is 2.36. The van der Waals surface area contributed by atoms with Crippen LogP contribution in [0.5, 0.6) is 0 Å². The summed E-state index contributed by atoms with van der Waals surface area (Å²) in [5.41, 5.74) is 0. The normalized spacial score (nSPS) is 25.2. The summed E-state index contributed by atoms with van der Waals surface area (Å²) < 4.78 is 4.80. The summed E-state index contributed by atoms with van der Waals surface area (Å²) >= 11 is 0. The highest BCUT2D eigenvalue weighted by Gasteiger charge is 2.28. The largest absolute Gasteiger partial charge is 0.465 e. The molecule has 0 radical (unpaired) electrons. The second kappa shape index (κ2) is 3.70. The summed E-state index contributed by atoms with van der Waals surface area (Å²) in [6.07, 6.45) is 1.42. The molecule has 1 fully saturated rings. The third-order valence-electron chi connectivity index (χ3n) is 2.38. The molecule has 0 bridgehead atoms. The van der Waals surface area contributed by atoms with Gasteiger partial charge >= 0.3 is 5.97 Å². The molecule has 0 spiro atoms. The second-order valence-corrected chi connectivity index (χ2v) is 3.40. The van der Waals surface area contributed by atoms with Crippen LogP contribution in [0.4, 0.5) is 0 Å². The third kappa shape index (κ3) is 2.06. The van der Waals surface area contributed by atoms with Crippen molar-refractivity contribution in [3.8, 4) is 0 Å². The number of carbonyl (C=O) groups is 2. The minimum Gasteiger partial charge on any atom is -0.465 e. The Hall–Kier alpha value is -0.860. The summed E-state index contributed by atoms with van der Waals surface area (Å²) in [7, 11) is 0. The van der Waals surface area contributed by atoms with Crippen LogP contribution in [0.1, 0.15) is 26.7 Å². The summed E-state index contributed by atoms with van der Waals surface area (Å²) in [5.74, 6) is -0.0395. The number of esters is 1. The smallest absolute Gasteiger partial charge is 0.309 e. The Morgan fingerprint density at radius 1 is 1.75 bits per heavy atom. The summed E-state index contributed by atoms with van der Waals surface area (Å²) in [5, 5.41) is 0. The van der Waals surface area contributed by atoms with E-state index in [1.165, 1.54) is 0 Å². The van der Waals surface area contributed by atoms with E-state index in [1.807, 2.05) is 6.92 Å². The van der Waals surface area contributed by atoms with E-state index in [0.29, 0.717) is 13.0 Å². The van der Waals surface area contributed by atoms with E-state index in [-0.39, 0.29) is 23.6 Å². The van der Waals surface area contributed by atoms with Gasteiger partial charge < -0.3 is 4.74 Å². The Balaban J connectivity index is 2.40. The molecule has 12 heavy (non-hydrogen) atoms. The Labute approximate surface area is 72.1 Å². The molecule has 0 amide bonds. The van der Waals surface area contributed by atoms with Crippen LogP contribution in [0.15, 0.2) is 0 Å². The first-order valence-electron chi connectivity index (χ1n) is 4.28. The molecular formula is C9H14O3. The first-order chi connectivity index (χ1) is 5.61. The zero-order chi connectivity index (χ0) is 9.14. The third-order valence-corrected chi connectivity index (χ3v) is 2.38. The van der Waals surface area contributed by atoms with E-state index < -0.39 is 0 Å². The molecule has 1 unspecified atom stereocenters. The monoisotopic (exact) mass is 170 g/mol. The molecule has 1 rings (SSSR count). The Kier molecular flexibility index (Phi) is 2.84. The molecule has 0 aromatic heterocycles. The van der Waals surface area contributed by atoms with Crippen LogP contribution < -0.4 is 0 Å². The summed E-state index contributed by atoms with van der Waals surface area (Å²) in [6.45, 7) is 3.94. The van der Waals surface area contributed by atoms with Crippen molar-refractivity contribution in [2.24, 2.45) is 11.8 Å². The number of hydrogen-bond donors (Lipinski definition) is 0. The first-order valence-corrected chi connectivity index (χ1v) is 4.28. The minimum absolute atomic E-state index is 0.0133. The number of Topliss-reactive ketones (excluding diaryl/α,β-unsaturated/α-hetero) is 1. The standard InChI is InChI=1S/C9H14O3/c1-6(7(2)10)5-8-3-4-12-9(8)11/h6,8H,3-5H2,1-2H3/t6-,8?/m1/s1. The van der Waals surface area contributed by atoms with Gasteiger partial charge in [0.2, 0.25) is 0 Å². The zero-order valence-electron chi connectivity index (χ0n) is 7.50. The van der Waals surface area contributed by atoms with Gasteiger partial charge in [-0.05, 0) is 19.8 Å². The molecule has 1 heterocycles. The molecule has 2 atom stereocenters. The van der Waals surface area contributed by atoms with Crippen LogP contribution in [-0.4, -0.2) is 18.4 Å². The molecule has 0 aromatic rings. The number of rotatable bonds is 3. The van der Waals surface area contributed by atoms with E-state index in [2.05, 4.69) is 0 Å². The summed E-state index contributed by atoms with van der Waals surface area (Å²) in [4.78, 5) is 21.9. The number of ketones is 1. The lowest BCUT2D eigenvalue weighted by Gasteiger charge is -2.09. The van der Waals surface area contributed by atoms with Crippen molar-refractivity contribution >= 4 is 11.8 Å². The van der Waals surface area contributed by atoms with Crippen molar-refractivity contribution in [2.45, 2.75) is 26.7 Å². The van der Waals surface area contributed by atoms with Crippen molar-refractivity contribution in [3.05, 3.63) is 0 Å². The van der Waals surface area contributed by atoms with E-state index in [9.17, 15) is 9.59 Å². The zero-order valence-corrected chi connectivity index (χ0v) is 7.50. The molecule has 1 saturated heterocycles. The Morgan fingerprint density at radius 3 is 2.83 bits per heavy atom. The van der Waals surface area contributed by atoms with Gasteiger partial charge in [-0.3, -0.25) is 9.59 Å². The molecule has 0 aliphatic carbocycles. The maximum Gasteiger partial charge on any atom is 0.309 e. The van der Waals surface area contributed by atoms with Gasteiger partial charge in [-0.25, -0.2) is 0 Å². The van der Waals surface area contributed by atoms with Crippen molar-refractivity contribution in [1.82, 2.24) is 0 Å². The molecule has 0 saturated carbocycles. The van der Waals surface area contributed by atoms with Crippen LogP contribution in [0, 0.1) is 11.8 Å². The molecule has 0 aromatic carbocycles. The maximum absolute atomic E-state index is 11.0. The fourth-order valence-corrected chi connectivity index (χ4v) is 1.34. The average molecular weight is 170 g/mol. The molecule has 1 aliphatic heterocycles. The molecule has 1 aliphatic rings. The minimum atomic E-state index is -0.136. The van der Waals surface area contributed by atoms with Crippen LogP contribution in [0.3, 0.4) is 0 Å². The van der Waals surface area contributed by atoms with E-state index in [0.717, 1.165) is 6.42 Å². The van der Waals surface area contributed by atoms with Gasteiger partial charge in [0.25, 0.3) is 0 Å². The van der Waals surface area contributed by atoms with Gasteiger partial charge in [0.1, 0.15) is 5.78 Å². The Morgan fingerprint density at radius 2 is 2.42 bits per heavy atom. The topological polar surface area (TPSA) is 43.4 Å². The predicted octanol–water partition coefficient (Wildman–Crippen LogP) is 1.16. The number of hydrogen-bond acceptors (Lipinski definition) is 3. The van der Waals surface area contributed by atoms with E-state index >= 15 is 0 Å². The van der Waals surface area contributed by atoms with Crippen LogP contribution in [0.2, 0.25) is 0 Å². The van der Waals surface area contributed by atoms with Gasteiger partial charge in [-0.2, -0.15) is 0 Å². The quantitative estimate of drug-likeness (QED) is 0.597. The molecule has 0 N–H and O–H groups in total. The number of carbonyl (C=O) groups excluding carboxylic acids is 2. The molecule has 3 heteroatoms. The van der Waals surface area contributed by atoms with Crippen molar-refractivity contribution in [2.75, 3.05) is 6.61 Å². The lowest BCUT2D eigenvalue weighted by molar-refractivity contribution is -0.141. The van der Waals surface area contributed by atoms with E-state index in [4.69, 9.17) is 4.74 Å². The highest BCUT2D eigenvalue weighted by molar-refractivity contribution is 5.79. The van der Waals surface area contributed by atoms with E-state index in [1.54, 1.807) is 6.92 Å². The highest BCUT2D eigenvalue weighted by atomic mass is 16.5. The number of ether oxygens (including phenoxy) is 1. The first kappa shape index (κ1) is 9.23. The molecular weight excluding hydrogens is 156 g/mol.